The molecule has 0 aliphatic carbocycles. The molecule has 5 aromatic rings. The van der Waals surface area contributed by atoms with Gasteiger partial charge in [0.25, 0.3) is 0 Å². The zero-order valence-electron chi connectivity index (χ0n) is 27.2. The van der Waals surface area contributed by atoms with Gasteiger partial charge in [0.05, 0.1) is 36.8 Å². The van der Waals surface area contributed by atoms with Crippen molar-refractivity contribution in [2.45, 2.75) is 38.9 Å². The van der Waals surface area contributed by atoms with E-state index in [1.165, 1.54) is 0 Å². The Labute approximate surface area is 318 Å². The maximum atomic E-state index is 11.7. The van der Waals surface area contributed by atoms with Crippen LogP contribution in [0.1, 0.15) is 67.1 Å². The molecule has 0 bridgehead atoms. The van der Waals surface area contributed by atoms with Gasteiger partial charge in [0.15, 0.2) is 0 Å². The second-order valence-electron chi connectivity index (χ2n) is 12.4. The summed E-state index contributed by atoms with van der Waals surface area (Å²) < 4.78 is 0. The van der Waals surface area contributed by atoms with Crippen LogP contribution in [0.4, 0.5) is 0 Å². The maximum absolute atomic E-state index is 11.7. The number of hydrogen-bond acceptors (Lipinski definition) is 4. The first-order valence-electron chi connectivity index (χ1n) is 16.1. The third kappa shape index (κ3) is 7.40. The second-order valence-corrected chi connectivity index (χ2v) is 14.0. The van der Waals surface area contributed by atoms with Crippen molar-refractivity contribution in [1.29, 1.82) is 0 Å². The topological polar surface area (TPSA) is 81.1 Å². The molecule has 2 aliphatic rings. The Morgan fingerprint density at radius 3 is 1.37 bits per heavy atom. The normalized spacial score (nSPS) is 14.3. The molecule has 6 nitrogen and oxygen atoms in total. The van der Waals surface area contributed by atoms with E-state index in [1.807, 2.05) is 25.2 Å². The number of carboxylic acid groups (broad SMARTS) is 2. The fraction of sp³-hybridized carbons (Fsp3) is 0.220. The van der Waals surface area contributed by atoms with E-state index >= 15 is 0 Å². The molecule has 5 aromatic carbocycles. The van der Waals surface area contributed by atoms with Gasteiger partial charge in [0.1, 0.15) is 0 Å². The SMILES string of the molecule is C.CN1CCc2c(cc(Cl)c(C(=O)O)c2Cl)C1.O=C(O)c1c(Cl)cc2c(c1Cl)CCN(C(c1ccccc1)(c1ccccc1)c1ccccc1)C2. The number of aromatic carboxylic acids is 2. The Balaban J connectivity index is 0.000000249. The summed E-state index contributed by atoms with van der Waals surface area (Å²) in [4.78, 5) is 27.3. The molecule has 0 spiro atoms. The van der Waals surface area contributed by atoms with Crippen molar-refractivity contribution in [3.05, 3.63) is 173 Å². The Hall–Kier alpha value is -3.88. The largest absolute Gasteiger partial charge is 0.478 e. The minimum atomic E-state index is -1.10. The maximum Gasteiger partial charge on any atom is 0.338 e. The first-order valence-corrected chi connectivity index (χ1v) is 17.6. The Kier molecular flexibility index (Phi) is 12.2. The van der Waals surface area contributed by atoms with Crippen molar-refractivity contribution < 1.29 is 19.8 Å². The van der Waals surface area contributed by atoms with Gasteiger partial charge in [0, 0.05) is 26.2 Å². The van der Waals surface area contributed by atoms with Crippen LogP contribution in [0.3, 0.4) is 0 Å². The van der Waals surface area contributed by atoms with E-state index in [9.17, 15) is 14.7 Å². The lowest BCUT2D eigenvalue weighted by Gasteiger charge is -2.47. The van der Waals surface area contributed by atoms with E-state index in [-0.39, 0.29) is 33.6 Å². The first-order chi connectivity index (χ1) is 24.0. The highest BCUT2D eigenvalue weighted by Crippen LogP contribution is 2.46. The second kappa shape index (κ2) is 16.2. The first kappa shape index (κ1) is 38.4. The van der Waals surface area contributed by atoms with Crippen LogP contribution in [0.15, 0.2) is 103 Å². The van der Waals surface area contributed by atoms with Gasteiger partial charge >= 0.3 is 11.9 Å². The summed E-state index contributed by atoms with van der Waals surface area (Å²) in [5, 5.41) is 19.5. The lowest BCUT2D eigenvalue weighted by molar-refractivity contribution is 0.0686. The van der Waals surface area contributed by atoms with Gasteiger partial charge in [-0.2, -0.15) is 0 Å². The summed E-state index contributed by atoms with van der Waals surface area (Å²) in [6.07, 6.45) is 1.39. The molecule has 51 heavy (non-hydrogen) atoms. The molecule has 10 heteroatoms. The third-order valence-electron chi connectivity index (χ3n) is 9.48. The van der Waals surface area contributed by atoms with Crippen LogP contribution < -0.4 is 0 Å². The van der Waals surface area contributed by atoms with Crippen LogP contribution in [0.25, 0.3) is 0 Å². The molecular formula is C41H38Cl4N2O4. The van der Waals surface area contributed by atoms with Crippen molar-refractivity contribution in [1.82, 2.24) is 9.80 Å². The summed E-state index contributed by atoms with van der Waals surface area (Å²) in [6, 6.07) is 35.0. The van der Waals surface area contributed by atoms with Crippen LogP contribution in [0.5, 0.6) is 0 Å². The van der Waals surface area contributed by atoms with Crippen molar-refractivity contribution in [2.24, 2.45) is 0 Å². The van der Waals surface area contributed by atoms with Crippen LogP contribution in [-0.2, 0) is 31.5 Å². The highest BCUT2D eigenvalue weighted by molar-refractivity contribution is 6.40. The molecule has 2 heterocycles. The number of nitrogens with zero attached hydrogens (tertiary/aromatic N) is 2. The molecule has 0 amide bonds. The number of benzene rings is 5. The van der Waals surface area contributed by atoms with E-state index in [0.717, 1.165) is 58.5 Å². The zero-order valence-corrected chi connectivity index (χ0v) is 30.2. The molecular weight excluding hydrogens is 726 g/mol. The predicted molar refractivity (Wildman–Crippen MR) is 207 cm³/mol. The Bertz CT molecular complexity index is 1950. The molecule has 0 radical (unpaired) electrons. The predicted octanol–water partition coefficient (Wildman–Crippen LogP) is 10.4. The van der Waals surface area contributed by atoms with Gasteiger partial charge in [0.2, 0.25) is 0 Å². The molecule has 0 saturated carbocycles. The average Bonchev–Trinajstić information content (AvgIpc) is 3.10. The van der Waals surface area contributed by atoms with Gasteiger partial charge in [-0.15, -0.1) is 0 Å². The fourth-order valence-electron chi connectivity index (χ4n) is 7.21. The van der Waals surface area contributed by atoms with Crippen molar-refractivity contribution in [2.75, 3.05) is 20.1 Å². The van der Waals surface area contributed by atoms with Gasteiger partial charge in [-0.3, -0.25) is 4.90 Å². The number of fused-ring (bicyclic) bond motifs is 2. The van der Waals surface area contributed by atoms with E-state index < -0.39 is 17.5 Å². The smallest absolute Gasteiger partial charge is 0.338 e. The molecule has 2 N–H and O–H groups in total. The summed E-state index contributed by atoms with van der Waals surface area (Å²) in [7, 11) is 2.01. The van der Waals surface area contributed by atoms with Gasteiger partial charge < -0.3 is 15.1 Å². The van der Waals surface area contributed by atoms with E-state index in [1.54, 1.807) is 12.1 Å². The quantitative estimate of drug-likeness (QED) is 0.168. The minimum absolute atomic E-state index is 0. The Morgan fingerprint density at radius 1 is 0.608 bits per heavy atom. The monoisotopic (exact) mass is 762 g/mol. The van der Waals surface area contributed by atoms with Crippen molar-refractivity contribution >= 4 is 58.3 Å². The van der Waals surface area contributed by atoms with Gasteiger partial charge in [-0.1, -0.05) is 145 Å². The number of likely N-dealkylation sites (N-methyl/N-ethyl adjacent to an activating group) is 1. The number of halogens is 4. The van der Waals surface area contributed by atoms with Crippen molar-refractivity contribution in [3.63, 3.8) is 0 Å². The standard InChI is InChI=1S/C29H23Cl2NO2.C11H11Cl2NO2.CH4/c30-25-18-20-19-32(17-16-24(20)27(31)26(25)28(33)34)29(21-10-4-1-5-11-21,22-12-6-2-7-13-22)23-14-8-3-9-15-23;1-14-3-2-7-6(5-14)4-8(12)9(10(7)13)11(15)16;/h1-15,18H,16-17,19H2,(H,33,34);4H,2-3,5H2,1H3,(H,15,16);1H4. The number of carboxylic acids is 2. The van der Waals surface area contributed by atoms with Crippen molar-refractivity contribution in [3.8, 4) is 0 Å². The minimum Gasteiger partial charge on any atom is -0.478 e. The van der Waals surface area contributed by atoms with Crippen LogP contribution in [-0.4, -0.2) is 52.1 Å². The van der Waals surface area contributed by atoms with E-state index in [0.29, 0.717) is 24.5 Å². The number of hydrogen-bond donors (Lipinski definition) is 2. The highest BCUT2D eigenvalue weighted by Gasteiger charge is 2.43. The van der Waals surface area contributed by atoms with Crippen LogP contribution in [0.2, 0.25) is 20.1 Å². The third-order valence-corrected chi connectivity index (χ3v) is 10.9. The fourth-order valence-corrected chi connectivity index (χ4v) is 8.72. The summed E-state index contributed by atoms with van der Waals surface area (Å²) >= 11 is 25.0. The lowest BCUT2D eigenvalue weighted by atomic mass is 9.74. The molecule has 0 aromatic heterocycles. The van der Waals surface area contributed by atoms with E-state index in [2.05, 4.69) is 82.6 Å². The summed E-state index contributed by atoms with van der Waals surface area (Å²) in [6.45, 7) is 2.92. The van der Waals surface area contributed by atoms with Crippen LogP contribution in [0, 0.1) is 0 Å². The molecule has 264 valence electrons. The average molecular weight is 765 g/mol. The summed E-state index contributed by atoms with van der Waals surface area (Å²) in [5.74, 6) is -2.18. The zero-order chi connectivity index (χ0) is 35.6. The molecule has 0 fully saturated rings. The lowest BCUT2D eigenvalue weighted by Crippen LogP contribution is -2.50. The molecule has 7 rings (SSSR count). The number of carbonyl (C=O) groups is 2. The Morgan fingerprint density at radius 2 is 0.980 bits per heavy atom. The van der Waals surface area contributed by atoms with Gasteiger partial charge in [-0.25, -0.2) is 9.59 Å². The van der Waals surface area contributed by atoms with Crippen LogP contribution >= 0.6 is 46.4 Å². The molecule has 0 unspecified atom stereocenters. The summed E-state index contributed by atoms with van der Waals surface area (Å²) in [5.41, 5.74) is 6.70. The van der Waals surface area contributed by atoms with E-state index in [4.69, 9.17) is 51.5 Å². The molecule has 2 aliphatic heterocycles. The molecule has 0 atom stereocenters. The number of rotatable bonds is 6. The highest BCUT2D eigenvalue weighted by atomic mass is 35.5. The molecule has 0 saturated heterocycles. The van der Waals surface area contributed by atoms with Gasteiger partial charge in [-0.05, 0) is 71.0 Å².